The van der Waals surface area contributed by atoms with Crippen LogP contribution in [0.25, 0.3) is 22.3 Å². The molecule has 0 fully saturated rings. The van der Waals surface area contributed by atoms with E-state index < -0.39 is 25.3 Å². The van der Waals surface area contributed by atoms with Gasteiger partial charge in [-0.3, -0.25) is 10.2 Å². The van der Waals surface area contributed by atoms with Crippen LogP contribution in [0.3, 0.4) is 0 Å². The fourth-order valence-corrected chi connectivity index (χ4v) is 3.99. The Morgan fingerprint density at radius 3 is 1.94 bits per heavy atom. The zero-order valence-corrected chi connectivity index (χ0v) is 26.5. The van der Waals surface area contributed by atoms with E-state index in [4.69, 9.17) is 0 Å². The molecule has 0 aliphatic carbocycles. The average Bonchev–Trinajstić information content (AvgIpc) is 3.39. The largest absolute Gasteiger partial charge is 1.00 e. The van der Waals surface area contributed by atoms with Crippen LogP contribution in [0.15, 0.2) is 80.9 Å². The topological polar surface area (TPSA) is 196 Å². The van der Waals surface area contributed by atoms with Crippen LogP contribution in [0.4, 0.5) is 11.6 Å². The quantitative estimate of drug-likeness (QED) is 0.137. The van der Waals surface area contributed by atoms with Gasteiger partial charge in [-0.2, -0.15) is 10.2 Å². The minimum atomic E-state index is -4.86. The van der Waals surface area contributed by atoms with Crippen LogP contribution in [0.2, 0.25) is 0 Å². The van der Waals surface area contributed by atoms with Crippen molar-refractivity contribution in [1.29, 1.82) is 0 Å². The summed E-state index contributed by atoms with van der Waals surface area (Å²) < 4.78 is 68.2. The number of azo groups is 1. The number of nitrogens with zero attached hydrogens (tertiary/aromatic N) is 4. The maximum absolute atomic E-state index is 11.6. The van der Waals surface area contributed by atoms with E-state index in [0.717, 1.165) is 12.1 Å². The first kappa shape index (κ1) is 32.3. The molecule has 0 radical (unpaired) electrons. The van der Waals surface area contributed by atoms with Gasteiger partial charge in [0.2, 0.25) is 5.82 Å². The van der Waals surface area contributed by atoms with Gasteiger partial charge >= 0.3 is 88.7 Å². The van der Waals surface area contributed by atoms with E-state index in [1.165, 1.54) is 18.3 Å². The van der Waals surface area contributed by atoms with E-state index in [1.807, 2.05) is 0 Å². The smallest absolute Gasteiger partial charge is 0.744 e. The SMILES string of the molecule is O=S(=O)([O-])c1ccc(-c2cn[nH]c2N=Nc2n[nH]c(S(=O)(=O)[O-])c2-c2ccccc2)cc1.[Na+].[Na+].[Na+]. The Kier molecular flexibility index (Phi) is 12.2. The van der Waals surface area contributed by atoms with E-state index in [9.17, 15) is 25.9 Å². The molecule has 0 amide bonds. The Hall–Kier alpha value is -0.720. The number of benzene rings is 2. The molecule has 0 saturated carbocycles. The first-order valence-electron chi connectivity index (χ1n) is 8.76. The van der Waals surface area contributed by atoms with Gasteiger partial charge in [0, 0.05) is 5.56 Å². The summed E-state index contributed by atoms with van der Waals surface area (Å²) in [6.07, 6.45) is 1.41. The van der Waals surface area contributed by atoms with Gasteiger partial charge in [0.15, 0.2) is 5.82 Å². The molecular formula is C18H12N6Na3O6S2+. The van der Waals surface area contributed by atoms with Crippen molar-refractivity contribution in [3.63, 3.8) is 0 Å². The second kappa shape index (κ2) is 13.2. The first-order chi connectivity index (χ1) is 15.1. The molecule has 2 N–H and O–H groups in total. The van der Waals surface area contributed by atoms with Gasteiger partial charge in [-0.15, -0.1) is 10.2 Å². The zero-order chi connectivity index (χ0) is 22.9. The van der Waals surface area contributed by atoms with Crippen LogP contribution in [0.1, 0.15) is 0 Å². The summed E-state index contributed by atoms with van der Waals surface area (Å²) >= 11 is 0. The predicted molar refractivity (Wildman–Crippen MR) is 108 cm³/mol. The predicted octanol–water partition coefficient (Wildman–Crippen LogP) is -6.30. The molecule has 2 aromatic carbocycles. The van der Waals surface area contributed by atoms with Crippen molar-refractivity contribution >= 4 is 31.9 Å². The third-order valence-corrected chi connectivity index (χ3v) is 5.99. The van der Waals surface area contributed by atoms with Gasteiger partial charge in [0.1, 0.15) is 25.3 Å². The second-order valence-corrected chi connectivity index (χ2v) is 9.08. The summed E-state index contributed by atoms with van der Waals surface area (Å²) in [4.78, 5) is -0.386. The molecule has 35 heavy (non-hydrogen) atoms. The van der Waals surface area contributed by atoms with Crippen molar-refractivity contribution in [1.82, 2.24) is 20.4 Å². The normalized spacial score (nSPS) is 11.4. The first-order valence-corrected chi connectivity index (χ1v) is 11.6. The van der Waals surface area contributed by atoms with E-state index in [0.29, 0.717) is 16.7 Å². The molecule has 4 aromatic rings. The Morgan fingerprint density at radius 1 is 0.743 bits per heavy atom. The number of H-pyrrole nitrogens is 2. The van der Waals surface area contributed by atoms with Gasteiger partial charge in [-0.25, -0.2) is 16.8 Å². The van der Waals surface area contributed by atoms with Crippen molar-refractivity contribution in [2.75, 3.05) is 0 Å². The average molecular weight is 541 g/mol. The number of aromatic amines is 2. The number of hydrogen-bond donors (Lipinski definition) is 2. The monoisotopic (exact) mass is 541 g/mol. The van der Waals surface area contributed by atoms with Crippen LogP contribution in [-0.4, -0.2) is 46.3 Å². The van der Waals surface area contributed by atoms with Gasteiger partial charge in [-0.05, 0) is 23.3 Å². The van der Waals surface area contributed by atoms with Crippen LogP contribution in [0, 0.1) is 0 Å². The molecule has 2 aromatic heterocycles. The maximum atomic E-state index is 11.6. The third kappa shape index (κ3) is 7.64. The fraction of sp³-hybridized carbons (Fsp3) is 0. The van der Waals surface area contributed by atoms with Gasteiger partial charge in [0.25, 0.3) is 0 Å². The summed E-state index contributed by atoms with van der Waals surface area (Å²) in [7, 11) is -9.45. The van der Waals surface area contributed by atoms with E-state index in [-0.39, 0.29) is 111 Å². The van der Waals surface area contributed by atoms with Crippen molar-refractivity contribution in [3.8, 4) is 22.3 Å². The molecular weight excluding hydrogens is 529 g/mol. The van der Waals surface area contributed by atoms with Crippen molar-refractivity contribution < 1.29 is 115 Å². The number of hydrogen-bond acceptors (Lipinski definition) is 10. The maximum Gasteiger partial charge on any atom is 1.00 e. The summed E-state index contributed by atoms with van der Waals surface area (Å²) in [6, 6.07) is 13.3. The third-order valence-electron chi connectivity index (χ3n) is 4.34. The molecule has 0 spiro atoms. The number of rotatable bonds is 6. The minimum Gasteiger partial charge on any atom is -0.744 e. The van der Waals surface area contributed by atoms with E-state index in [1.54, 1.807) is 30.3 Å². The molecule has 4 rings (SSSR count). The molecule has 0 bridgehead atoms. The van der Waals surface area contributed by atoms with Crippen molar-refractivity contribution in [3.05, 3.63) is 60.8 Å². The summed E-state index contributed by atoms with van der Waals surface area (Å²) in [5.74, 6) is 0.00949. The molecule has 0 saturated heterocycles. The molecule has 17 heteroatoms. The fourth-order valence-electron chi connectivity index (χ4n) is 2.90. The second-order valence-electron chi connectivity index (χ2n) is 6.38. The van der Waals surface area contributed by atoms with E-state index in [2.05, 4.69) is 30.6 Å². The van der Waals surface area contributed by atoms with Crippen LogP contribution in [0.5, 0.6) is 0 Å². The molecule has 164 valence electrons. The van der Waals surface area contributed by atoms with Crippen molar-refractivity contribution in [2.45, 2.75) is 9.92 Å². The minimum absolute atomic E-state index is 0. The van der Waals surface area contributed by atoms with Crippen LogP contribution < -0.4 is 88.7 Å². The Morgan fingerprint density at radius 2 is 1.37 bits per heavy atom. The van der Waals surface area contributed by atoms with Crippen LogP contribution >= 0.6 is 0 Å². The Labute approximate surface area is 266 Å². The Bertz CT molecular complexity index is 1520. The molecule has 0 atom stereocenters. The molecule has 0 aliphatic rings. The molecule has 2 heterocycles. The van der Waals surface area contributed by atoms with Crippen LogP contribution in [-0.2, 0) is 20.2 Å². The number of nitrogens with one attached hydrogen (secondary N) is 2. The zero-order valence-electron chi connectivity index (χ0n) is 18.8. The number of aromatic nitrogens is 4. The molecule has 12 nitrogen and oxygen atoms in total. The van der Waals surface area contributed by atoms with Gasteiger partial charge in [0.05, 0.1) is 16.7 Å². The van der Waals surface area contributed by atoms with E-state index >= 15 is 0 Å². The Balaban J connectivity index is 0.00000204. The molecule has 0 aliphatic heterocycles. The molecule has 0 unspecified atom stereocenters. The van der Waals surface area contributed by atoms with Crippen molar-refractivity contribution in [2.24, 2.45) is 10.2 Å². The summed E-state index contributed by atoms with van der Waals surface area (Å²) in [5, 5.41) is 19.8. The standard InChI is InChI=1S/C18H14N6O6S2.3Na/c25-31(26,27)13-8-6-11(7-9-13)14-10-19-20-16(14)21-22-17-15(12-4-2-1-3-5-12)18(24-23-17)32(28,29)30;;;/h1-10H,(H,19,20)(H,23,24)(H,25,26,27)(H,28,29,30);;;/q;3*+1/p-2. The summed E-state index contributed by atoms with van der Waals surface area (Å²) in [5.41, 5.74) is 1.28. The van der Waals surface area contributed by atoms with Gasteiger partial charge < -0.3 is 9.11 Å². The summed E-state index contributed by atoms with van der Waals surface area (Å²) in [6.45, 7) is 0. The van der Waals surface area contributed by atoms with Gasteiger partial charge in [-0.1, -0.05) is 42.5 Å².